The first-order valence-corrected chi connectivity index (χ1v) is 11.2. The largest absolute Gasteiger partial charge is 0.388 e. The van der Waals surface area contributed by atoms with Crippen LogP contribution in [0.1, 0.15) is 44.7 Å². The van der Waals surface area contributed by atoms with Crippen molar-refractivity contribution in [2.75, 3.05) is 31.1 Å². The fraction of sp³-hybridized carbons (Fsp3) is 0.583. The summed E-state index contributed by atoms with van der Waals surface area (Å²) in [6, 6.07) is 7.10. The minimum Gasteiger partial charge on any atom is -0.388 e. The van der Waals surface area contributed by atoms with Gasteiger partial charge in [-0.2, -0.15) is 0 Å². The SMILES string of the molecule is CCC1C=C(C(=O)N2Cc3ccc(N4CCN(C(C)C)CC4)cc3C2)C(O)CC1=O. The Labute approximate surface area is 179 Å². The first kappa shape index (κ1) is 21.1. The van der Waals surface area contributed by atoms with Crippen molar-refractivity contribution in [2.24, 2.45) is 5.92 Å². The number of aliphatic hydroxyl groups is 1. The van der Waals surface area contributed by atoms with Gasteiger partial charge in [-0.15, -0.1) is 0 Å². The molecule has 0 spiro atoms. The Kier molecular flexibility index (Phi) is 5.98. The molecule has 2 atom stereocenters. The lowest BCUT2D eigenvalue weighted by Crippen LogP contribution is -2.48. The van der Waals surface area contributed by atoms with E-state index in [-0.39, 0.29) is 24.0 Å². The summed E-state index contributed by atoms with van der Waals surface area (Å²) in [5.74, 6) is -0.376. The fourth-order valence-corrected chi connectivity index (χ4v) is 4.83. The average Bonchev–Trinajstić information content (AvgIpc) is 3.17. The van der Waals surface area contributed by atoms with Gasteiger partial charge in [0, 0.05) is 68.9 Å². The average molecular weight is 412 g/mol. The Balaban J connectivity index is 1.45. The number of piperazine rings is 1. The van der Waals surface area contributed by atoms with Crippen molar-refractivity contribution < 1.29 is 14.7 Å². The van der Waals surface area contributed by atoms with Gasteiger partial charge >= 0.3 is 0 Å². The van der Waals surface area contributed by atoms with Crippen molar-refractivity contribution >= 4 is 17.4 Å². The summed E-state index contributed by atoms with van der Waals surface area (Å²) >= 11 is 0. The number of ketones is 1. The van der Waals surface area contributed by atoms with E-state index in [1.165, 1.54) is 16.8 Å². The highest BCUT2D eigenvalue weighted by Gasteiger charge is 2.34. The molecule has 1 aromatic carbocycles. The van der Waals surface area contributed by atoms with Gasteiger partial charge in [-0.25, -0.2) is 0 Å². The highest BCUT2D eigenvalue weighted by Crippen LogP contribution is 2.31. The number of Topliss-reactive ketones (excluding diaryl/α,β-unsaturated/α-hetero) is 1. The van der Waals surface area contributed by atoms with E-state index < -0.39 is 6.10 Å². The molecule has 0 aromatic heterocycles. The smallest absolute Gasteiger partial charge is 0.252 e. The topological polar surface area (TPSA) is 64.1 Å². The maximum Gasteiger partial charge on any atom is 0.252 e. The zero-order valence-electron chi connectivity index (χ0n) is 18.3. The predicted molar refractivity (Wildman–Crippen MR) is 117 cm³/mol. The van der Waals surface area contributed by atoms with Gasteiger partial charge in [0.25, 0.3) is 5.91 Å². The van der Waals surface area contributed by atoms with E-state index in [9.17, 15) is 14.7 Å². The van der Waals surface area contributed by atoms with E-state index in [0.717, 1.165) is 26.2 Å². The van der Waals surface area contributed by atoms with Crippen LogP contribution in [0.5, 0.6) is 0 Å². The van der Waals surface area contributed by atoms with E-state index in [1.807, 2.05) is 6.92 Å². The van der Waals surface area contributed by atoms with Gasteiger partial charge < -0.3 is 14.9 Å². The third-order valence-corrected chi connectivity index (χ3v) is 6.84. The Hall–Kier alpha value is -2.18. The summed E-state index contributed by atoms with van der Waals surface area (Å²) in [5.41, 5.74) is 3.96. The zero-order chi connectivity index (χ0) is 21.4. The van der Waals surface area contributed by atoms with E-state index in [4.69, 9.17) is 0 Å². The molecule has 0 radical (unpaired) electrons. The molecule has 2 heterocycles. The summed E-state index contributed by atoms with van der Waals surface area (Å²) in [4.78, 5) is 31.8. The van der Waals surface area contributed by atoms with Gasteiger partial charge in [0.05, 0.1) is 6.10 Å². The predicted octanol–water partition coefficient (Wildman–Crippen LogP) is 2.35. The number of amides is 1. The van der Waals surface area contributed by atoms with E-state index in [0.29, 0.717) is 31.1 Å². The first-order chi connectivity index (χ1) is 14.4. The van der Waals surface area contributed by atoms with E-state index in [2.05, 4.69) is 41.8 Å². The molecule has 1 N–H and O–H groups in total. The van der Waals surface area contributed by atoms with Crippen LogP contribution in [-0.2, 0) is 22.7 Å². The summed E-state index contributed by atoms with van der Waals surface area (Å²) in [6.07, 6.45) is 1.42. The number of aliphatic hydroxyl groups excluding tert-OH is 1. The molecule has 6 heteroatoms. The minimum absolute atomic E-state index is 0.0217. The van der Waals surface area contributed by atoms with Gasteiger partial charge in [0.15, 0.2) is 0 Å². The van der Waals surface area contributed by atoms with Crippen molar-refractivity contribution in [3.63, 3.8) is 0 Å². The Morgan fingerprint density at radius 3 is 2.50 bits per heavy atom. The highest BCUT2D eigenvalue weighted by atomic mass is 16.3. The number of allylic oxidation sites excluding steroid dienone is 1. The first-order valence-electron chi connectivity index (χ1n) is 11.2. The maximum absolute atomic E-state index is 13.1. The number of carbonyl (C=O) groups excluding carboxylic acids is 2. The Bertz CT molecular complexity index is 855. The molecule has 2 aliphatic heterocycles. The minimum atomic E-state index is -0.982. The molecule has 1 saturated heterocycles. The van der Waals surface area contributed by atoms with Crippen LogP contribution in [0, 0.1) is 5.92 Å². The normalized spacial score (nSPS) is 25.0. The number of hydrogen-bond donors (Lipinski definition) is 1. The molecule has 30 heavy (non-hydrogen) atoms. The van der Waals surface area contributed by atoms with Gasteiger partial charge in [-0.05, 0) is 43.5 Å². The number of hydrogen-bond acceptors (Lipinski definition) is 5. The van der Waals surface area contributed by atoms with Crippen LogP contribution < -0.4 is 4.90 Å². The second kappa shape index (κ2) is 8.52. The summed E-state index contributed by atoms with van der Waals surface area (Å²) in [6.45, 7) is 11.7. The Morgan fingerprint density at radius 2 is 1.83 bits per heavy atom. The van der Waals surface area contributed by atoms with Crippen LogP contribution in [0.2, 0.25) is 0 Å². The molecule has 1 fully saturated rings. The lowest BCUT2D eigenvalue weighted by Gasteiger charge is -2.38. The van der Waals surface area contributed by atoms with Crippen LogP contribution in [0.3, 0.4) is 0 Å². The third kappa shape index (κ3) is 4.03. The van der Waals surface area contributed by atoms with Crippen LogP contribution in [-0.4, -0.2) is 64.9 Å². The maximum atomic E-state index is 13.1. The van der Waals surface area contributed by atoms with Crippen LogP contribution in [0.25, 0.3) is 0 Å². The molecular formula is C24H33N3O3. The van der Waals surface area contributed by atoms with Crippen molar-refractivity contribution in [1.82, 2.24) is 9.80 Å². The fourth-order valence-electron chi connectivity index (χ4n) is 4.83. The lowest BCUT2D eigenvalue weighted by atomic mass is 9.85. The third-order valence-electron chi connectivity index (χ3n) is 6.84. The number of benzene rings is 1. The molecule has 1 aliphatic carbocycles. The molecule has 4 rings (SSSR count). The summed E-state index contributed by atoms with van der Waals surface area (Å²) in [7, 11) is 0. The molecule has 2 unspecified atom stereocenters. The van der Waals surface area contributed by atoms with Crippen molar-refractivity contribution in [3.8, 4) is 0 Å². The van der Waals surface area contributed by atoms with E-state index in [1.54, 1.807) is 11.0 Å². The molecule has 1 amide bonds. The van der Waals surface area contributed by atoms with Gasteiger partial charge in [-0.1, -0.05) is 19.1 Å². The molecule has 6 nitrogen and oxygen atoms in total. The van der Waals surface area contributed by atoms with Crippen molar-refractivity contribution in [3.05, 3.63) is 41.0 Å². The van der Waals surface area contributed by atoms with Crippen LogP contribution in [0.15, 0.2) is 29.8 Å². The number of fused-ring (bicyclic) bond motifs is 1. The van der Waals surface area contributed by atoms with Crippen LogP contribution >= 0.6 is 0 Å². The second-order valence-corrected chi connectivity index (χ2v) is 9.05. The monoisotopic (exact) mass is 411 g/mol. The number of anilines is 1. The van der Waals surface area contributed by atoms with Gasteiger partial charge in [0.2, 0.25) is 0 Å². The standard InChI is InChI=1S/C24H33N3O3/c1-4-17-12-21(23(29)13-22(17)28)24(30)27-14-18-5-6-20(11-19(18)15-27)26-9-7-25(8-10-26)16(2)3/h5-6,11-12,16-17,23,29H,4,7-10,13-15H2,1-3H3. The molecular weight excluding hydrogens is 378 g/mol. The van der Waals surface area contributed by atoms with Gasteiger partial charge in [0.1, 0.15) is 5.78 Å². The molecule has 162 valence electrons. The quantitative estimate of drug-likeness (QED) is 0.824. The zero-order valence-corrected chi connectivity index (χ0v) is 18.3. The summed E-state index contributed by atoms with van der Waals surface area (Å²) in [5, 5.41) is 10.3. The molecule has 0 bridgehead atoms. The number of carbonyl (C=O) groups is 2. The van der Waals surface area contributed by atoms with Crippen molar-refractivity contribution in [2.45, 2.75) is 58.8 Å². The summed E-state index contributed by atoms with van der Waals surface area (Å²) < 4.78 is 0. The lowest BCUT2D eigenvalue weighted by molar-refractivity contribution is -0.130. The second-order valence-electron chi connectivity index (χ2n) is 9.05. The molecule has 0 saturated carbocycles. The number of rotatable bonds is 4. The Morgan fingerprint density at radius 1 is 1.13 bits per heavy atom. The van der Waals surface area contributed by atoms with Crippen molar-refractivity contribution in [1.29, 1.82) is 0 Å². The van der Waals surface area contributed by atoms with E-state index >= 15 is 0 Å². The molecule has 3 aliphatic rings. The van der Waals surface area contributed by atoms with Crippen LogP contribution in [0.4, 0.5) is 5.69 Å². The number of nitrogens with zero attached hydrogens (tertiary/aromatic N) is 3. The molecule has 1 aromatic rings. The van der Waals surface area contributed by atoms with Gasteiger partial charge in [-0.3, -0.25) is 14.5 Å². The highest BCUT2D eigenvalue weighted by molar-refractivity contribution is 5.99.